The Hall–Kier alpha value is -1.90. The van der Waals surface area contributed by atoms with Gasteiger partial charge >= 0.3 is 0 Å². The summed E-state index contributed by atoms with van der Waals surface area (Å²) in [4.78, 5) is 0. The van der Waals surface area contributed by atoms with Crippen LogP contribution in [-0.4, -0.2) is 13.2 Å². The van der Waals surface area contributed by atoms with Crippen LogP contribution in [0.3, 0.4) is 0 Å². The zero-order valence-corrected chi connectivity index (χ0v) is 12.6. The normalized spacial score (nSPS) is 18.6. The summed E-state index contributed by atoms with van der Waals surface area (Å²) in [7, 11) is 0. The molecule has 0 N–H and O–H groups in total. The number of benzene rings is 1. The molecule has 1 atom stereocenters. The Balaban J connectivity index is 1.72. The third-order valence-electron chi connectivity index (χ3n) is 4.22. The molecule has 1 aromatic carbocycles. The van der Waals surface area contributed by atoms with Gasteiger partial charge in [0.25, 0.3) is 5.95 Å². The molecular formula is C18H22O3. The molecule has 0 spiro atoms. The second-order valence-electron chi connectivity index (χ2n) is 5.60. The number of hydrogen-bond acceptors (Lipinski definition) is 3. The van der Waals surface area contributed by atoms with Crippen LogP contribution in [0.15, 0.2) is 37.0 Å². The highest BCUT2D eigenvalue weighted by Crippen LogP contribution is 2.44. The highest BCUT2D eigenvalue weighted by atomic mass is 16.7. The van der Waals surface area contributed by atoms with Gasteiger partial charge in [-0.3, -0.25) is 0 Å². The van der Waals surface area contributed by atoms with E-state index in [4.69, 9.17) is 14.2 Å². The fourth-order valence-electron chi connectivity index (χ4n) is 3.42. The maximum Gasteiger partial charge on any atom is 0.276 e. The lowest BCUT2D eigenvalue weighted by molar-refractivity contribution is 0.0743. The van der Waals surface area contributed by atoms with E-state index in [0.717, 1.165) is 43.8 Å². The zero-order valence-electron chi connectivity index (χ0n) is 12.6. The van der Waals surface area contributed by atoms with E-state index in [0.29, 0.717) is 18.5 Å². The van der Waals surface area contributed by atoms with Crippen molar-refractivity contribution in [1.82, 2.24) is 0 Å². The predicted molar refractivity (Wildman–Crippen MR) is 82.3 cm³/mol. The number of rotatable bonds is 6. The van der Waals surface area contributed by atoms with Gasteiger partial charge in [0.05, 0.1) is 13.2 Å². The van der Waals surface area contributed by atoms with Crippen LogP contribution in [-0.2, 0) is 22.3 Å². The Morgan fingerprint density at radius 3 is 3.00 bits per heavy atom. The Kier molecular flexibility index (Phi) is 3.91. The average Bonchev–Trinajstić information content (AvgIpc) is 3.04. The molecule has 0 bridgehead atoms. The van der Waals surface area contributed by atoms with Crippen molar-refractivity contribution in [2.75, 3.05) is 13.2 Å². The first-order chi connectivity index (χ1) is 10.2. The molecule has 0 saturated carbocycles. The molecule has 112 valence electrons. The molecule has 3 heteroatoms. The van der Waals surface area contributed by atoms with E-state index in [2.05, 4.69) is 25.3 Å². The summed E-state index contributed by atoms with van der Waals surface area (Å²) >= 11 is 0. The first kappa shape index (κ1) is 14.1. The van der Waals surface area contributed by atoms with E-state index in [9.17, 15) is 0 Å². The number of ether oxygens (including phenoxy) is 3. The van der Waals surface area contributed by atoms with Crippen molar-refractivity contribution < 1.29 is 14.2 Å². The fourth-order valence-corrected chi connectivity index (χ4v) is 3.42. The van der Waals surface area contributed by atoms with Crippen molar-refractivity contribution in [3.63, 3.8) is 0 Å². The van der Waals surface area contributed by atoms with Gasteiger partial charge in [-0.2, -0.15) is 0 Å². The van der Waals surface area contributed by atoms with E-state index >= 15 is 0 Å². The molecule has 3 nitrogen and oxygen atoms in total. The zero-order chi connectivity index (χ0) is 14.8. The smallest absolute Gasteiger partial charge is 0.276 e. The molecule has 0 fully saturated rings. The molecule has 1 aliphatic heterocycles. The van der Waals surface area contributed by atoms with Crippen LogP contribution in [0, 0.1) is 0 Å². The first-order valence-corrected chi connectivity index (χ1v) is 7.63. The SMILES string of the molecule is C=C(C[C@@H]1CCc2ccc3c(c21)CCO3)OC(=C)OCC. The molecule has 0 saturated heterocycles. The van der Waals surface area contributed by atoms with Crippen molar-refractivity contribution in [2.45, 2.75) is 38.5 Å². The molecular weight excluding hydrogens is 264 g/mol. The molecule has 0 unspecified atom stereocenters. The molecule has 0 radical (unpaired) electrons. The topological polar surface area (TPSA) is 27.7 Å². The second-order valence-corrected chi connectivity index (χ2v) is 5.60. The minimum atomic E-state index is 0.336. The minimum absolute atomic E-state index is 0.336. The number of hydrogen-bond donors (Lipinski definition) is 0. The highest BCUT2D eigenvalue weighted by Gasteiger charge is 2.30. The highest BCUT2D eigenvalue weighted by molar-refractivity contribution is 5.51. The standard InChI is InChI=1S/C18H22O3/c1-4-19-13(3)21-12(2)11-15-6-5-14-7-8-17-16(18(14)15)9-10-20-17/h7-8,15H,2-6,9-11H2,1H3/t15-/m0/s1. The van der Waals surface area contributed by atoms with Crippen LogP contribution in [0.25, 0.3) is 0 Å². The molecule has 1 heterocycles. The number of fused-ring (bicyclic) bond motifs is 3. The third-order valence-corrected chi connectivity index (χ3v) is 4.22. The van der Waals surface area contributed by atoms with E-state index in [1.807, 2.05) is 6.92 Å². The average molecular weight is 286 g/mol. The lowest BCUT2D eigenvalue weighted by Gasteiger charge is -2.17. The van der Waals surface area contributed by atoms with Gasteiger partial charge < -0.3 is 14.2 Å². The molecule has 2 aliphatic rings. The summed E-state index contributed by atoms with van der Waals surface area (Å²) in [5.41, 5.74) is 4.32. The Bertz CT molecular complexity index is 574. The van der Waals surface area contributed by atoms with Crippen molar-refractivity contribution in [2.24, 2.45) is 0 Å². The molecule has 21 heavy (non-hydrogen) atoms. The Morgan fingerprint density at radius 1 is 1.33 bits per heavy atom. The van der Waals surface area contributed by atoms with Gasteiger partial charge in [-0.25, -0.2) is 0 Å². The quantitative estimate of drug-likeness (QED) is 0.737. The van der Waals surface area contributed by atoms with Crippen molar-refractivity contribution >= 4 is 0 Å². The molecule has 0 amide bonds. The Labute approximate surface area is 126 Å². The summed E-state index contributed by atoms with van der Waals surface area (Å²) in [6.45, 7) is 11.0. The van der Waals surface area contributed by atoms with E-state index in [1.54, 1.807) is 0 Å². The third kappa shape index (κ3) is 2.78. The number of aryl methyl sites for hydroxylation is 1. The van der Waals surface area contributed by atoms with Gasteiger partial charge in [0, 0.05) is 18.4 Å². The van der Waals surface area contributed by atoms with Crippen LogP contribution >= 0.6 is 0 Å². The van der Waals surface area contributed by atoms with E-state index < -0.39 is 0 Å². The maximum absolute atomic E-state index is 5.69. The van der Waals surface area contributed by atoms with Gasteiger partial charge in [-0.05, 0) is 49.5 Å². The van der Waals surface area contributed by atoms with Gasteiger partial charge in [0.15, 0.2) is 0 Å². The van der Waals surface area contributed by atoms with Gasteiger partial charge in [-0.15, -0.1) is 0 Å². The summed E-state index contributed by atoms with van der Waals surface area (Å²) in [6, 6.07) is 4.33. The van der Waals surface area contributed by atoms with Crippen LogP contribution in [0.5, 0.6) is 5.75 Å². The second kappa shape index (κ2) is 5.84. The van der Waals surface area contributed by atoms with Gasteiger partial charge in [-0.1, -0.05) is 12.6 Å². The summed E-state index contributed by atoms with van der Waals surface area (Å²) < 4.78 is 16.5. The molecule has 1 aromatic rings. The molecule has 1 aliphatic carbocycles. The lowest BCUT2D eigenvalue weighted by Crippen LogP contribution is -2.03. The van der Waals surface area contributed by atoms with Gasteiger partial charge in [0.1, 0.15) is 11.5 Å². The van der Waals surface area contributed by atoms with Crippen LogP contribution in [0.1, 0.15) is 42.4 Å². The minimum Gasteiger partial charge on any atom is -0.493 e. The molecule has 3 rings (SSSR count). The fraction of sp³-hybridized carbons (Fsp3) is 0.444. The number of allylic oxidation sites excluding steroid dienone is 1. The van der Waals surface area contributed by atoms with Crippen molar-refractivity contribution in [3.8, 4) is 5.75 Å². The first-order valence-electron chi connectivity index (χ1n) is 7.63. The summed E-state index contributed by atoms with van der Waals surface area (Å²) in [5.74, 6) is 2.59. The van der Waals surface area contributed by atoms with Crippen LogP contribution in [0.2, 0.25) is 0 Å². The Morgan fingerprint density at radius 2 is 2.19 bits per heavy atom. The summed E-state index contributed by atoms with van der Waals surface area (Å²) in [5, 5.41) is 0. The maximum atomic E-state index is 5.69. The lowest BCUT2D eigenvalue weighted by atomic mass is 9.91. The van der Waals surface area contributed by atoms with E-state index in [1.165, 1.54) is 16.7 Å². The van der Waals surface area contributed by atoms with Gasteiger partial charge in [0.2, 0.25) is 0 Å². The van der Waals surface area contributed by atoms with Crippen molar-refractivity contribution in [3.05, 3.63) is 53.7 Å². The molecule has 0 aromatic heterocycles. The van der Waals surface area contributed by atoms with Crippen LogP contribution in [0.4, 0.5) is 0 Å². The largest absolute Gasteiger partial charge is 0.493 e. The van der Waals surface area contributed by atoms with E-state index in [-0.39, 0.29) is 0 Å². The predicted octanol–water partition coefficient (Wildman–Crippen LogP) is 4.08. The summed E-state index contributed by atoms with van der Waals surface area (Å²) in [6.07, 6.45) is 4.12. The van der Waals surface area contributed by atoms with Crippen molar-refractivity contribution in [1.29, 1.82) is 0 Å². The van der Waals surface area contributed by atoms with Crippen LogP contribution < -0.4 is 4.74 Å². The monoisotopic (exact) mass is 286 g/mol.